The van der Waals surface area contributed by atoms with E-state index < -0.39 is 23.7 Å². The van der Waals surface area contributed by atoms with Gasteiger partial charge >= 0.3 is 12.1 Å². The van der Waals surface area contributed by atoms with Crippen molar-refractivity contribution in [3.63, 3.8) is 0 Å². The van der Waals surface area contributed by atoms with E-state index in [0.717, 1.165) is 16.9 Å². The van der Waals surface area contributed by atoms with Crippen LogP contribution >= 0.6 is 0 Å². The highest BCUT2D eigenvalue weighted by Crippen LogP contribution is 2.27. The number of carbonyl (C=O) groups excluding carboxylic acids is 2. The third kappa shape index (κ3) is 6.10. The van der Waals surface area contributed by atoms with Gasteiger partial charge in [-0.2, -0.15) is 23.4 Å². The Morgan fingerprint density at radius 1 is 1.11 bits per heavy atom. The number of carboxylic acid groups (broad SMARTS) is 1. The normalized spacial score (nSPS) is 11.2. The fourth-order valence-electron chi connectivity index (χ4n) is 2.20. The van der Waals surface area contributed by atoms with Gasteiger partial charge in [-0.25, -0.2) is 4.79 Å². The lowest BCUT2D eigenvalue weighted by atomic mass is 10.3. The van der Waals surface area contributed by atoms with Crippen molar-refractivity contribution in [3.8, 4) is 0 Å². The van der Waals surface area contributed by atoms with Gasteiger partial charge < -0.3 is 15.7 Å². The summed E-state index contributed by atoms with van der Waals surface area (Å²) in [7, 11) is 0. The molecule has 152 valence electrons. The van der Waals surface area contributed by atoms with E-state index in [1.807, 2.05) is 0 Å². The van der Waals surface area contributed by atoms with Gasteiger partial charge in [-0.1, -0.05) is 0 Å². The van der Waals surface area contributed by atoms with E-state index in [-0.39, 0.29) is 44.2 Å². The van der Waals surface area contributed by atoms with Crippen LogP contribution in [-0.4, -0.2) is 55.5 Å². The molecule has 28 heavy (non-hydrogen) atoms. The van der Waals surface area contributed by atoms with Gasteiger partial charge in [0.2, 0.25) is 11.8 Å². The Balaban J connectivity index is 1.64. The van der Waals surface area contributed by atoms with Crippen LogP contribution in [0.4, 0.5) is 13.2 Å². The average Bonchev–Trinajstić information content (AvgIpc) is 3.25. The van der Waals surface area contributed by atoms with Gasteiger partial charge in [0.05, 0.1) is 6.54 Å². The highest BCUT2D eigenvalue weighted by Gasteiger charge is 2.33. The van der Waals surface area contributed by atoms with Crippen molar-refractivity contribution >= 4 is 17.8 Å². The SMILES string of the molecule is O=C(CCn1nccc1C(=O)O)NCCNC(=O)Cn1ccc(C(F)(F)F)n1. The lowest BCUT2D eigenvalue weighted by molar-refractivity contribution is -0.141. The summed E-state index contributed by atoms with van der Waals surface area (Å²) in [6.07, 6.45) is -2.23. The topological polar surface area (TPSA) is 131 Å². The molecular weight excluding hydrogens is 385 g/mol. The predicted octanol–water partition coefficient (Wildman–Crippen LogP) is 0.119. The number of hydrogen-bond donors (Lipinski definition) is 3. The van der Waals surface area contributed by atoms with Crippen LogP contribution in [-0.2, 0) is 28.9 Å². The molecule has 13 heteroatoms. The maximum absolute atomic E-state index is 12.4. The lowest BCUT2D eigenvalue weighted by Gasteiger charge is -2.08. The highest BCUT2D eigenvalue weighted by atomic mass is 19.4. The molecule has 0 aromatic carbocycles. The first-order valence-corrected chi connectivity index (χ1v) is 8.06. The zero-order valence-corrected chi connectivity index (χ0v) is 14.4. The molecule has 0 spiro atoms. The number of nitrogens with one attached hydrogen (secondary N) is 2. The standard InChI is InChI=1S/C15H17F3N6O4/c16-15(17,18)11-2-7-23(22-11)9-13(26)20-6-5-19-12(25)3-8-24-10(14(27)28)1-4-21-24/h1-2,4,7H,3,5-6,8-9H2,(H,19,25)(H,20,26)(H,27,28). The molecule has 0 radical (unpaired) electrons. The van der Waals surface area contributed by atoms with E-state index in [1.54, 1.807) is 0 Å². The van der Waals surface area contributed by atoms with Crippen molar-refractivity contribution in [2.24, 2.45) is 0 Å². The second kappa shape index (κ2) is 9.01. The number of aromatic nitrogens is 4. The largest absolute Gasteiger partial charge is 0.477 e. The fourth-order valence-corrected chi connectivity index (χ4v) is 2.20. The Kier molecular flexibility index (Phi) is 6.74. The number of aromatic carboxylic acids is 1. The third-order valence-corrected chi connectivity index (χ3v) is 3.49. The number of alkyl halides is 3. The molecule has 10 nitrogen and oxygen atoms in total. The van der Waals surface area contributed by atoms with Crippen LogP contribution in [0, 0.1) is 0 Å². The van der Waals surface area contributed by atoms with Crippen molar-refractivity contribution in [2.45, 2.75) is 25.7 Å². The minimum Gasteiger partial charge on any atom is -0.477 e. The molecule has 2 aromatic heterocycles. The van der Waals surface area contributed by atoms with Crippen LogP contribution in [0.3, 0.4) is 0 Å². The van der Waals surface area contributed by atoms with Crippen LogP contribution in [0.15, 0.2) is 24.5 Å². The molecule has 0 saturated carbocycles. The van der Waals surface area contributed by atoms with E-state index >= 15 is 0 Å². The first-order valence-electron chi connectivity index (χ1n) is 8.06. The smallest absolute Gasteiger partial charge is 0.435 e. The van der Waals surface area contributed by atoms with Crippen LogP contribution < -0.4 is 10.6 Å². The third-order valence-electron chi connectivity index (χ3n) is 3.49. The van der Waals surface area contributed by atoms with Crippen molar-refractivity contribution in [1.82, 2.24) is 30.2 Å². The zero-order chi connectivity index (χ0) is 20.7. The molecule has 2 amide bonds. The maximum atomic E-state index is 12.4. The minimum absolute atomic E-state index is 0.0105. The molecule has 0 saturated heterocycles. The number of carbonyl (C=O) groups is 3. The van der Waals surface area contributed by atoms with Gasteiger partial charge in [-0.15, -0.1) is 0 Å². The van der Waals surface area contributed by atoms with Crippen LogP contribution in [0.25, 0.3) is 0 Å². The number of aryl methyl sites for hydroxylation is 1. The summed E-state index contributed by atoms with van der Waals surface area (Å²) in [6.45, 7) is -0.141. The highest BCUT2D eigenvalue weighted by molar-refractivity contribution is 5.85. The Bertz CT molecular complexity index is 845. The van der Waals surface area contributed by atoms with Gasteiger partial charge in [-0.3, -0.25) is 19.0 Å². The molecule has 0 unspecified atom stereocenters. The van der Waals surface area contributed by atoms with Gasteiger partial charge in [0, 0.05) is 31.9 Å². The lowest BCUT2D eigenvalue weighted by Crippen LogP contribution is -2.36. The van der Waals surface area contributed by atoms with Gasteiger partial charge in [0.1, 0.15) is 12.2 Å². The fraction of sp³-hybridized carbons (Fsp3) is 0.400. The van der Waals surface area contributed by atoms with Crippen molar-refractivity contribution in [2.75, 3.05) is 13.1 Å². The molecule has 3 N–H and O–H groups in total. The maximum Gasteiger partial charge on any atom is 0.435 e. The molecule has 2 rings (SSSR count). The molecular formula is C15H17F3N6O4. The molecule has 0 aliphatic rings. The molecule has 0 fully saturated rings. The molecule has 0 bridgehead atoms. The Morgan fingerprint density at radius 2 is 1.79 bits per heavy atom. The summed E-state index contributed by atoms with van der Waals surface area (Å²) in [4.78, 5) is 34.3. The molecule has 2 heterocycles. The summed E-state index contributed by atoms with van der Waals surface area (Å²) in [5, 5.41) is 21.0. The van der Waals surface area contributed by atoms with E-state index in [9.17, 15) is 27.6 Å². The van der Waals surface area contributed by atoms with Gasteiger partial charge in [0.25, 0.3) is 0 Å². The summed E-state index contributed by atoms with van der Waals surface area (Å²) < 4.78 is 39.3. The van der Waals surface area contributed by atoms with Crippen molar-refractivity contribution in [3.05, 3.63) is 35.9 Å². The van der Waals surface area contributed by atoms with Gasteiger partial charge in [-0.05, 0) is 12.1 Å². The quantitative estimate of drug-likeness (QED) is 0.511. The second-order valence-corrected chi connectivity index (χ2v) is 5.59. The molecule has 0 aliphatic heterocycles. The second-order valence-electron chi connectivity index (χ2n) is 5.59. The number of carboxylic acids is 1. The predicted molar refractivity (Wildman–Crippen MR) is 87.1 cm³/mol. The number of rotatable bonds is 9. The summed E-state index contributed by atoms with van der Waals surface area (Å²) in [5.74, 6) is -2.09. The van der Waals surface area contributed by atoms with E-state index in [2.05, 4.69) is 20.8 Å². The van der Waals surface area contributed by atoms with Crippen molar-refractivity contribution < 1.29 is 32.7 Å². The number of nitrogens with zero attached hydrogens (tertiary/aromatic N) is 4. The average molecular weight is 402 g/mol. The number of halogens is 3. The monoisotopic (exact) mass is 402 g/mol. The van der Waals surface area contributed by atoms with Crippen LogP contribution in [0.5, 0.6) is 0 Å². The van der Waals surface area contributed by atoms with E-state index in [0.29, 0.717) is 0 Å². The molecule has 0 aliphatic carbocycles. The first-order chi connectivity index (χ1) is 13.2. The van der Waals surface area contributed by atoms with Gasteiger partial charge in [0.15, 0.2) is 5.69 Å². The Labute approximate surface area is 156 Å². The first kappa shape index (κ1) is 20.9. The molecule has 2 aromatic rings. The Hall–Kier alpha value is -3.38. The number of amides is 2. The summed E-state index contributed by atoms with van der Waals surface area (Å²) in [6, 6.07) is 2.08. The summed E-state index contributed by atoms with van der Waals surface area (Å²) >= 11 is 0. The molecule has 0 atom stereocenters. The Morgan fingerprint density at radius 3 is 2.39 bits per heavy atom. The summed E-state index contributed by atoms with van der Waals surface area (Å²) in [5.41, 5.74) is -1.12. The number of hydrogen-bond acceptors (Lipinski definition) is 5. The van der Waals surface area contributed by atoms with E-state index in [1.165, 1.54) is 16.9 Å². The minimum atomic E-state index is -4.58. The van der Waals surface area contributed by atoms with Crippen LogP contribution in [0.1, 0.15) is 22.6 Å². The van der Waals surface area contributed by atoms with Crippen molar-refractivity contribution in [1.29, 1.82) is 0 Å². The van der Waals surface area contributed by atoms with Crippen LogP contribution in [0.2, 0.25) is 0 Å². The van der Waals surface area contributed by atoms with E-state index in [4.69, 9.17) is 5.11 Å². The zero-order valence-electron chi connectivity index (χ0n) is 14.4.